The summed E-state index contributed by atoms with van der Waals surface area (Å²) in [5.41, 5.74) is -5.23. The van der Waals surface area contributed by atoms with Gasteiger partial charge in [0.1, 0.15) is 5.60 Å². The molecule has 0 amide bonds. The second-order valence-corrected chi connectivity index (χ2v) is 9.87. The standard InChI is InChI=1S/C23H29FO6/c1-13(25)30-12-19(28)22(29)9-7-16-17-5-4-14-10-15(26)6-8-20(14,2)23(17,24)18(27)11-21(16,22)3/h6,8,10,16-18,27,29H,4-5,7,9,11-12H2,1-3H3/t16-,17+,18-,20+,21+,22+,23+/m1/s1. The van der Waals surface area contributed by atoms with Gasteiger partial charge in [0.2, 0.25) is 5.78 Å². The number of hydrogen-bond acceptors (Lipinski definition) is 6. The molecular weight excluding hydrogens is 391 g/mol. The average Bonchev–Trinajstić information content (AvgIpc) is 2.94. The Morgan fingerprint density at radius 3 is 2.63 bits per heavy atom. The fraction of sp³-hybridized carbons (Fsp3) is 0.696. The van der Waals surface area contributed by atoms with Gasteiger partial charge in [0, 0.05) is 23.7 Å². The van der Waals surface area contributed by atoms with Crippen LogP contribution < -0.4 is 0 Å². The second kappa shape index (κ2) is 6.57. The first-order chi connectivity index (χ1) is 13.9. The van der Waals surface area contributed by atoms with E-state index in [0.29, 0.717) is 24.8 Å². The van der Waals surface area contributed by atoms with Crippen LogP contribution in [0.2, 0.25) is 0 Å². The molecule has 0 aromatic carbocycles. The van der Waals surface area contributed by atoms with Crippen LogP contribution in [-0.4, -0.2) is 51.7 Å². The van der Waals surface area contributed by atoms with Gasteiger partial charge in [0.15, 0.2) is 18.1 Å². The highest BCUT2D eigenvalue weighted by Crippen LogP contribution is 2.69. The van der Waals surface area contributed by atoms with Gasteiger partial charge in [-0.15, -0.1) is 0 Å². The molecule has 0 aliphatic heterocycles. The van der Waals surface area contributed by atoms with Gasteiger partial charge in [-0.05, 0) is 57.1 Å². The molecule has 2 N–H and O–H groups in total. The largest absolute Gasteiger partial charge is 0.458 e. The smallest absolute Gasteiger partial charge is 0.303 e. The van der Waals surface area contributed by atoms with E-state index < -0.39 is 52.5 Å². The van der Waals surface area contributed by atoms with Crippen molar-refractivity contribution in [3.05, 3.63) is 23.8 Å². The number of esters is 1. The number of carbonyl (C=O) groups is 3. The molecule has 6 nitrogen and oxygen atoms in total. The quantitative estimate of drug-likeness (QED) is 0.679. The van der Waals surface area contributed by atoms with Gasteiger partial charge in [0.25, 0.3) is 0 Å². The number of ether oxygens (including phenoxy) is 1. The first kappa shape index (κ1) is 21.4. The number of Topliss-reactive ketones (excluding diaryl/α,β-unsaturated/α-hetero) is 1. The average molecular weight is 420 g/mol. The van der Waals surface area contributed by atoms with Crippen molar-refractivity contribution in [1.29, 1.82) is 0 Å². The van der Waals surface area contributed by atoms with Crippen LogP contribution in [0.3, 0.4) is 0 Å². The maximum atomic E-state index is 16.9. The monoisotopic (exact) mass is 420 g/mol. The summed E-state index contributed by atoms with van der Waals surface area (Å²) < 4.78 is 21.7. The van der Waals surface area contributed by atoms with Crippen molar-refractivity contribution in [2.24, 2.45) is 22.7 Å². The number of alkyl halides is 1. The predicted molar refractivity (Wildman–Crippen MR) is 105 cm³/mol. The highest BCUT2D eigenvalue weighted by molar-refractivity contribution is 6.01. The maximum absolute atomic E-state index is 16.9. The van der Waals surface area contributed by atoms with Crippen molar-refractivity contribution in [3.63, 3.8) is 0 Å². The summed E-state index contributed by atoms with van der Waals surface area (Å²) in [7, 11) is 0. The normalized spacial score (nSPS) is 47.1. The predicted octanol–water partition coefficient (Wildman–Crippen LogP) is 2.22. The lowest BCUT2D eigenvalue weighted by atomic mass is 9.44. The van der Waals surface area contributed by atoms with Gasteiger partial charge in [-0.1, -0.05) is 18.6 Å². The van der Waals surface area contributed by atoms with Gasteiger partial charge in [-0.2, -0.15) is 0 Å². The molecule has 0 spiro atoms. The number of carbonyl (C=O) groups excluding carboxylic acids is 3. The zero-order valence-corrected chi connectivity index (χ0v) is 17.6. The van der Waals surface area contributed by atoms with Crippen molar-refractivity contribution in [3.8, 4) is 0 Å². The minimum atomic E-state index is -2.00. The first-order valence-corrected chi connectivity index (χ1v) is 10.6. The number of aliphatic hydroxyl groups excluding tert-OH is 1. The van der Waals surface area contributed by atoms with E-state index >= 15 is 4.39 Å². The Hall–Kier alpha value is -1.86. The van der Waals surface area contributed by atoms with Crippen LogP contribution >= 0.6 is 0 Å². The minimum absolute atomic E-state index is 0.0857. The van der Waals surface area contributed by atoms with E-state index in [4.69, 9.17) is 4.74 Å². The summed E-state index contributed by atoms with van der Waals surface area (Å²) in [5, 5.41) is 22.6. The van der Waals surface area contributed by atoms with Crippen LogP contribution in [0.1, 0.15) is 52.9 Å². The molecule has 3 saturated carbocycles. The SMILES string of the molecule is CC(=O)OCC(=O)[C@@]1(O)CC[C@@H]2[C@@H]3CCC4=CC(=O)C=C[C@]4(C)[C@@]3(F)[C@H](O)C[C@@]21C. The van der Waals surface area contributed by atoms with E-state index in [1.807, 2.05) is 0 Å². The number of rotatable bonds is 3. The maximum Gasteiger partial charge on any atom is 0.303 e. The van der Waals surface area contributed by atoms with Gasteiger partial charge >= 0.3 is 5.97 Å². The van der Waals surface area contributed by atoms with Gasteiger partial charge < -0.3 is 14.9 Å². The second-order valence-electron chi connectivity index (χ2n) is 9.87. The summed E-state index contributed by atoms with van der Waals surface area (Å²) in [6.45, 7) is 4.12. The Balaban J connectivity index is 1.72. The number of halogens is 1. The highest BCUT2D eigenvalue weighted by Gasteiger charge is 2.74. The minimum Gasteiger partial charge on any atom is -0.458 e. The molecule has 3 fully saturated rings. The third-order valence-electron chi connectivity index (χ3n) is 8.66. The van der Waals surface area contributed by atoms with E-state index in [1.165, 1.54) is 19.1 Å². The van der Waals surface area contributed by atoms with E-state index in [0.717, 1.165) is 0 Å². The van der Waals surface area contributed by atoms with Gasteiger partial charge in [0.05, 0.1) is 6.10 Å². The summed E-state index contributed by atoms with van der Waals surface area (Å²) in [6.07, 6.45) is 4.47. The molecule has 0 heterocycles. The van der Waals surface area contributed by atoms with Crippen molar-refractivity contribution >= 4 is 17.5 Å². The van der Waals surface area contributed by atoms with Crippen molar-refractivity contribution in [2.75, 3.05) is 6.61 Å². The summed E-state index contributed by atoms with van der Waals surface area (Å²) in [6, 6.07) is 0. The molecule has 4 rings (SSSR count). The Labute approximate surface area is 175 Å². The zero-order valence-electron chi connectivity index (χ0n) is 17.6. The molecule has 164 valence electrons. The van der Waals surface area contributed by atoms with Crippen LogP contribution in [0.15, 0.2) is 23.8 Å². The molecule has 7 atom stereocenters. The molecule has 0 saturated heterocycles. The van der Waals surface area contributed by atoms with Crippen LogP contribution in [0, 0.1) is 22.7 Å². The topological polar surface area (TPSA) is 101 Å². The first-order valence-electron chi connectivity index (χ1n) is 10.6. The van der Waals surface area contributed by atoms with Crippen molar-refractivity contribution in [1.82, 2.24) is 0 Å². The summed E-state index contributed by atoms with van der Waals surface area (Å²) in [5.74, 6) is -2.28. The molecule has 0 bridgehead atoms. The lowest BCUT2D eigenvalue weighted by Gasteiger charge is -2.62. The number of hydrogen-bond donors (Lipinski definition) is 2. The third kappa shape index (κ3) is 2.51. The van der Waals surface area contributed by atoms with Gasteiger partial charge in [-0.25, -0.2) is 4.39 Å². The Morgan fingerprint density at radius 2 is 1.97 bits per heavy atom. The molecule has 7 heteroatoms. The van der Waals surface area contributed by atoms with Crippen LogP contribution in [0.5, 0.6) is 0 Å². The third-order valence-corrected chi connectivity index (χ3v) is 8.66. The summed E-state index contributed by atoms with van der Waals surface area (Å²) in [4.78, 5) is 35.8. The summed E-state index contributed by atoms with van der Waals surface area (Å²) >= 11 is 0. The molecule has 4 aliphatic rings. The molecule has 30 heavy (non-hydrogen) atoms. The van der Waals surface area contributed by atoms with Crippen molar-refractivity contribution < 1.29 is 33.7 Å². The number of fused-ring (bicyclic) bond motifs is 5. The zero-order chi connectivity index (χ0) is 22.1. The number of allylic oxidation sites excluding steroid dienone is 4. The molecular formula is C23H29FO6. The highest BCUT2D eigenvalue weighted by atomic mass is 19.1. The fourth-order valence-corrected chi connectivity index (χ4v) is 6.96. The Bertz CT molecular complexity index is 879. The molecule has 0 aromatic heterocycles. The lowest BCUT2D eigenvalue weighted by molar-refractivity contribution is -0.217. The molecule has 4 aliphatic carbocycles. The number of ketones is 2. The van der Waals surface area contributed by atoms with Crippen LogP contribution in [0.25, 0.3) is 0 Å². The van der Waals surface area contributed by atoms with Crippen molar-refractivity contribution in [2.45, 2.75) is 70.2 Å². The fourth-order valence-electron chi connectivity index (χ4n) is 6.96. The van der Waals surface area contributed by atoms with E-state index in [-0.39, 0.29) is 24.5 Å². The number of aliphatic hydroxyl groups is 2. The molecule has 0 aromatic rings. The van der Waals surface area contributed by atoms with E-state index in [2.05, 4.69) is 0 Å². The van der Waals surface area contributed by atoms with Crippen LogP contribution in [-0.2, 0) is 19.1 Å². The van der Waals surface area contributed by atoms with Crippen LogP contribution in [0.4, 0.5) is 4.39 Å². The van der Waals surface area contributed by atoms with E-state index in [9.17, 15) is 24.6 Å². The van der Waals surface area contributed by atoms with E-state index in [1.54, 1.807) is 19.9 Å². The lowest BCUT2D eigenvalue weighted by Crippen LogP contribution is -2.69. The Kier molecular flexibility index (Phi) is 4.68. The molecule has 0 radical (unpaired) electrons. The molecule has 0 unspecified atom stereocenters. The van der Waals surface area contributed by atoms with Gasteiger partial charge in [-0.3, -0.25) is 14.4 Å². The Morgan fingerprint density at radius 1 is 1.27 bits per heavy atom.